The van der Waals surface area contributed by atoms with Gasteiger partial charge in [0.25, 0.3) is 0 Å². The molecule has 0 bridgehead atoms. The Morgan fingerprint density at radius 3 is 2.68 bits per heavy atom. The lowest BCUT2D eigenvalue weighted by atomic mass is 10.1. The van der Waals surface area contributed by atoms with Crippen molar-refractivity contribution < 1.29 is 4.79 Å². The van der Waals surface area contributed by atoms with Crippen LogP contribution in [0.15, 0.2) is 0 Å². The Labute approximate surface area is 117 Å². The first-order valence-electron chi connectivity index (χ1n) is 7.98. The van der Waals surface area contributed by atoms with Crippen LogP contribution >= 0.6 is 0 Å². The zero-order valence-corrected chi connectivity index (χ0v) is 12.7. The molecule has 19 heavy (non-hydrogen) atoms. The van der Waals surface area contributed by atoms with Crippen LogP contribution in [0.1, 0.15) is 46.5 Å². The van der Waals surface area contributed by atoms with E-state index in [1.807, 2.05) is 0 Å². The first-order valence-corrected chi connectivity index (χ1v) is 7.98. The van der Waals surface area contributed by atoms with Gasteiger partial charge in [-0.05, 0) is 38.3 Å². The molecule has 0 aromatic rings. The number of hydrogen-bond donors (Lipinski definition) is 1. The van der Waals surface area contributed by atoms with Crippen molar-refractivity contribution in [3.8, 4) is 0 Å². The van der Waals surface area contributed by atoms with E-state index in [4.69, 9.17) is 0 Å². The molecular formula is C15H29N3O. The molecule has 2 saturated heterocycles. The summed E-state index contributed by atoms with van der Waals surface area (Å²) in [6.45, 7) is 11.0. The lowest BCUT2D eigenvalue weighted by molar-refractivity contribution is -0.130. The fraction of sp³-hybridized carbons (Fsp3) is 0.933. The monoisotopic (exact) mass is 267 g/mol. The molecule has 0 saturated carbocycles. The first-order chi connectivity index (χ1) is 9.19. The first kappa shape index (κ1) is 14.8. The van der Waals surface area contributed by atoms with Crippen LogP contribution in [-0.4, -0.2) is 54.1 Å². The van der Waals surface area contributed by atoms with Crippen molar-refractivity contribution in [2.45, 2.75) is 58.7 Å². The van der Waals surface area contributed by atoms with Gasteiger partial charge in [0.05, 0.1) is 12.2 Å². The molecule has 2 rings (SSSR count). The van der Waals surface area contributed by atoms with Crippen LogP contribution in [0.3, 0.4) is 0 Å². The van der Waals surface area contributed by atoms with Crippen molar-refractivity contribution in [3.05, 3.63) is 0 Å². The van der Waals surface area contributed by atoms with Crippen molar-refractivity contribution in [1.82, 2.24) is 15.1 Å². The second-order valence-corrected chi connectivity index (χ2v) is 5.97. The van der Waals surface area contributed by atoms with E-state index in [0.717, 1.165) is 38.9 Å². The molecule has 0 spiro atoms. The number of nitrogens with one attached hydrogen (secondary N) is 1. The fourth-order valence-electron chi connectivity index (χ4n) is 3.43. The van der Waals surface area contributed by atoms with Crippen LogP contribution < -0.4 is 5.32 Å². The highest BCUT2D eigenvalue weighted by atomic mass is 16.2. The predicted molar refractivity (Wildman–Crippen MR) is 77.8 cm³/mol. The summed E-state index contributed by atoms with van der Waals surface area (Å²) < 4.78 is 0. The maximum Gasteiger partial charge on any atom is 0.241 e. The van der Waals surface area contributed by atoms with Crippen LogP contribution in [0.2, 0.25) is 0 Å². The minimum absolute atomic E-state index is 0.0682. The largest absolute Gasteiger partial charge is 0.325 e. The molecule has 2 aliphatic heterocycles. The van der Waals surface area contributed by atoms with Crippen molar-refractivity contribution >= 4 is 5.91 Å². The summed E-state index contributed by atoms with van der Waals surface area (Å²) in [4.78, 5) is 17.1. The van der Waals surface area contributed by atoms with Gasteiger partial charge in [0.15, 0.2) is 0 Å². The SMILES string of the molecule is CCCC1NC(CC)N(CC2CCN(CC)C2)C1=O. The van der Waals surface area contributed by atoms with E-state index in [0.29, 0.717) is 11.8 Å². The Kier molecular flexibility index (Phi) is 5.22. The maximum absolute atomic E-state index is 12.5. The van der Waals surface area contributed by atoms with E-state index in [-0.39, 0.29) is 12.2 Å². The molecule has 1 amide bonds. The molecule has 4 nitrogen and oxygen atoms in total. The molecule has 2 heterocycles. The summed E-state index contributed by atoms with van der Waals surface area (Å²) in [6.07, 6.45) is 4.56. The van der Waals surface area contributed by atoms with E-state index >= 15 is 0 Å². The van der Waals surface area contributed by atoms with Gasteiger partial charge in [-0.1, -0.05) is 27.2 Å². The quantitative estimate of drug-likeness (QED) is 0.795. The third-order valence-corrected chi connectivity index (χ3v) is 4.59. The molecular weight excluding hydrogens is 238 g/mol. The second kappa shape index (κ2) is 6.71. The third kappa shape index (κ3) is 3.29. The molecule has 4 heteroatoms. The smallest absolute Gasteiger partial charge is 0.241 e. The van der Waals surface area contributed by atoms with Crippen molar-refractivity contribution in [2.24, 2.45) is 5.92 Å². The van der Waals surface area contributed by atoms with E-state index in [1.54, 1.807) is 0 Å². The summed E-state index contributed by atoms with van der Waals surface area (Å²) >= 11 is 0. The Morgan fingerprint density at radius 1 is 1.32 bits per heavy atom. The molecule has 0 radical (unpaired) electrons. The average Bonchev–Trinajstić information content (AvgIpc) is 2.98. The summed E-state index contributed by atoms with van der Waals surface area (Å²) in [6, 6.07) is 0.0682. The molecule has 1 N–H and O–H groups in total. The topological polar surface area (TPSA) is 35.6 Å². The highest BCUT2D eigenvalue weighted by molar-refractivity contribution is 5.84. The Hall–Kier alpha value is -0.610. The summed E-state index contributed by atoms with van der Waals surface area (Å²) in [5, 5.41) is 3.50. The summed E-state index contributed by atoms with van der Waals surface area (Å²) in [5.74, 6) is 1.00. The second-order valence-electron chi connectivity index (χ2n) is 5.97. The number of amides is 1. The minimum Gasteiger partial charge on any atom is -0.325 e. The minimum atomic E-state index is 0.0682. The van der Waals surface area contributed by atoms with Gasteiger partial charge >= 0.3 is 0 Å². The highest BCUT2D eigenvalue weighted by Gasteiger charge is 2.38. The lowest BCUT2D eigenvalue weighted by Gasteiger charge is -2.26. The van der Waals surface area contributed by atoms with Crippen molar-refractivity contribution in [2.75, 3.05) is 26.2 Å². The highest BCUT2D eigenvalue weighted by Crippen LogP contribution is 2.23. The standard InChI is InChI=1S/C15H29N3O/c1-4-7-13-15(19)18(14(5-2)16-13)11-12-8-9-17(6-3)10-12/h12-14,16H,4-11H2,1-3H3. The number of nitrogens with zero attached hydrogens (tertiary/aromatic N) is 2. The molecule has 0 aliphatic carbocycles. The molecule has 2 aliphatic rings. The molecule has 0 aromatic carbocycles. The zero-order valence-electron chi connectivity index (χ0n) is 12.7. The van der Waals surface area contributed by atoms with Gasteiger partial charge in [-0.15, -0.1) is 0 Å². The summed E-state index contributed by atoms with van der Waals surface area (Å²) in [5.41, 5.74) is 0. The zero-order chi connectivity index (χ0) is 13.8. The molecule has 0 aromatic heterocycles. The van der Waals surface area contributed by atoms with Crippen molar-refractivity contribution in [1.29, 1.82) is 0 Å². The molecule has 3 unspecified atom stereocenters. The van der Waals surface area contributed by atoms with E-state index < -0.39 is 0 Å². The lowest BCUT2D eigenvalue weighted by Crippen LogP contribution is -2.40. The van der Waals surface area contributed by atoms with E-state index in [9.17, 15) is 4.79 Å². The van der Waals surface area contributed by atoms with E-state index in [1.165, 1.54) is 13.0 Å². The normalized spacial score (nSPS) is 32.5. The molecule has 2 fully saturated rings. The number of carbonyl (C=O) groups excluding carboxylic acids is 1. The predicted octanol–water partition coefficient (Wildman–Crippen LogP) is 1.66. The van der Waals surface area contributed by atoms with Gasteiger partial charge in [-0.25, -0.2) is 0 Å². The van der Waals surface area contributed by atoms with Crippen LogP contribution in [0.5, 0.6) is 0 Å². The van der Waals surface area contributed by atoms with Crippen LogP contribution in [0, 0.1) is 5.92 Å². The van der Waals surface area contributed by atoms with Crippen LogP contribution in [-0.2, 0) is 4.79 Å². The van der Waals surface area contributed by atoms with Gasteiger partial charge in [0, 0.05) is 13.1 Å². The number of carbonyl (C=O) groups is 1. The van der Waals surface area contributed by atoms with Gasteiger partial charge in [0.2, 0.25) is 5.91 Å². The third-order valence-electron chi connectivity index (χ3n) is 4.59. The van der Waals surface area contributed by atoms with E-state index in [2.05, 4.69) is 35.9 Å². The maximum atomic E-state index is 12.5. The van der Waals surface area contributed by atoms with Gasteiger partial charge < -0.3 is 9.80 Å². The Bertz CT molecular complexity index is 308. The number of likely N-dealkylation sites (tertiary alicyclic amines) is 1. The fourth-order valence-corrected chi connectivity index (χ4v) is 3.43. The van der Waals surface area contributed by atoms with Crippen molar-refractivity contribution in [3.63, 3.8) is 0 Å². The average molecular weight is 267 g/mol. The van der Waals surface area contributed by atoms with Gasteiger partial charge in [0.1, 0.15) is 0 Å². The molecule has 3 atom stereocenters. The molecule has 110 valence electrons. The number of hydrogen-bond acceptors (Lipinski definition) is 3. The van der Waals surface area contributed by atoms with Gasteiger partial charge in [-0.2, -0.15) is 0 Å². The summed E-state index contributed by atoms with van der Waals surface area (Å²) in [7, 11) is 0. The Balaban J connectivity index is 1.92. The Morgan fingerprint density at radius 2 is 2.11 bits per heavy atom. The van der Waals surface area contributed by atoms with Gasteiger partial charge in [-0.3, -0.25) is 10.1 Å². The van der Waals surface area contributed by atoms with Crippen LogP contribution in [0.25, 0.3) is 0 Å². The van der Waals surface area contributed by atoms with Crippen LogP contribution in [0.4, 0.5) is 0 Å². The number of rotatable bonds is 6.